The Morgan fingerprint density at radius 2 is 1.83 bits per heavy atom. The molecular weight excluding hydrogens is 457 g/mol. The van der Waals surface area contributed by atoms with Gasteiger partial charge in [-0.2, -0.15) is 4.39 Å². The predicted octanol–water partition coefficient (Wildman–Crippen LogP) is 4.47. The number of hydrogen-bond acceptors (Lipinski definition) is 4. The molecular formula is C28H36FN5O2. The highest BCUT2D eigenvalue weighted by Gasteiger charge is 2.55. The number of amides is 3. The second-order valence-electron chi connectivity index (χ2n) is 11.0. The number of carbonyl (C=O) groups excluding carboxylic acids is 2. The first-order valence-electron chi connectivity index (χ1n) is 13.0. The highest BCUT2D eigenvalue weighted by molar-refractivity contribution is 5.94. The lowest BCUT2D eigenvalue weighted by Crippen LogP contribution is -2.56. The number of urea groups is 1. The third-order valence-corrected chi connectivity index (χ3v) is 8.75. The van der Waals surface area contributed by atoms with Crippen LogP contribution in [0.4, 0.5) is 14.9 Å². The fraction of sp³-hybridized carbons (Fsp3) is 0.536. The zero-order chi connectivity index (χ0) is 25.3. The largest absolute Gasteiger partial charge is 0.323 e. The molecule has 0 unspecified atom stereocenters. The maximum Gasteiger partial charge on any atom is 0.321 e. The molecule has 1 saturated heterocycles. The van der Waals surface area contributed by atoms with Gasteiger partial charge in [0.1, 0.15) is 6.54 Å². The average molecular weight is 494 g/mol. The Bertz CT molecular complexity index is 1080. The van der Waals surface area contributed by atoms with Gasteiger partial charge in [-0.1, -0.05) is 36.8 Å². The highest BCUT2D eigenvalue weighted by Crippen LogP contribution is 2.49. The third-order valence-electron chi connectivity index (χ3n) is 8.75. The number of anilines is 1. The van der Waals surface area contributed by atoms with Gasteiger partial charge >= 0.3 is 6.03 Å². The molecule has 0 radical (unpaired) electrons. The number of benzene rings is 1. The Balaban J connectivity index is 1.33. The summed E-state index contributed by atoms with van der Waals surface area (Å²) in [5, 5.41) is 2.75. The summed E-state index contributed by atoms with van der Waals surface area (Å²) in [6.07, 6.45) is 8.58. The zero-order valence-corrected chi connectivity index (χ0v) is 21.3. The Morgan fingerprint density at radius 3 is 2.42 bits per heavy atom. The molecule has 2 heterocycles. The number of pyridine rings is 1. The van der Waals surface area contributed by atoms with Crippen LogP contribution in [-0.2, 0) is 10.3 Å². The van der Waals surface area contributed by atoms with E-state index in [1.54, 1.807) is 4.90 Å². The molecule has 1 N–H and O–H groups in total. The fourth-order valence-electron chi connectivity index (χ4n) is 6.33. The van der Waals surface area contributed by atoms with Gasteiger partial charge < -0.3 is 15.1 Å². The number of hydrogen-bond donors (Lipinski definition) is 1. The highest BCUT2D eigenvalue weighted by atomic mass is 19.1. The van der Waals surface area contributed by atoms with Crippen LogP contribution in [0.25, 0.3) is 0 Å². The normalized spacial score (nSPS) is 26.5. The molecule has 0 atom stereocenters. The van der Waals surface area contributed by atoms with Crippen molar-refractivity contribution in [3.8, 4) is 0 Å². The van der Waals surface area contributed by atoms with E-state index in [1.165, 1.54) is 43.2 Å². The molecule has 3 amide bonds. The van der Waals surface area contributed by atoms with Crippen molar-refractivity contribution in [3.63, 3.8) is 0 Å². The minimum absolute atomic E-state index is 0.0172. The molecule has 3 aliphatic rings. The zero-order valence-electron chi connectivity index (χ0n) is 21.3. The molecule has 7 nitrogen and oxygen atoms in total. The second-order valence-corrected chi connectivity index (χ2v) is 11.0. The molecule has 8 heteroatoms. The molecule has 2 aliphatic carbocycles. The number of nitrogens with one attached hydrogen (secondary N) is 1. The summed E-state index contributed by atoms with van der Waals surface area (Å²) < 4.78 is 13.1. The van der Waals surface area contributed by atoms with Gasteiger partial charge in [0.25, 0.3) is 0 Å². The van der Waals surface area contributed by atoms with Crippen LogP contribution >= 0.6 is 0 Å². The van der Waals surface area contributed by atoms with Crippen LogP contribution in [0.5, 0.6) is 0 Å². The van der Waals surface area contributed by atoms with Gasteiger partial charge in [-0.15, -0.1) is 0 Å². The van der Waals surface area contributed by atoms with Crippen LogP contribution in [0.2, 0.25) is 0 Å². The minimum atomic E-state index is -0.599. The van der Waals surface area contributed by atoms with E-state index in [0.29, 0.717) is 18.2 Å². The van der Waals surface area contributed by atoms with Crippen molar-refractivity contribution in [3.05, 3.63) is 60.2 Å². The summed E-state index contributed by atoms with van der Waals surface area (Å²) in [4.78, 5) is 36.2. The van der Waals surface area contributed by atoms with Gasteiger partial charge in [0, 0.05) is 18.6 Å². The van der Waals surface area contributed by atoms with Gasteiger partial charge in [-0.25, -0.2) is 9.78 Å². The molecule has 5 rings (SSSR count). The van der Waals surface area contributed by atoms with Gasteiger partial charge in [-0.05, 0) is 76.2 Å². The Morgan fingerprint density at radius 1 is 1.11 bits per heavy atom. The maximum atomic E-state index is 13.7. The Hall–Kier alpha value is -3.00. The lowest BCUT2D eigenvalue weighted by atomic mass is 9.68. The average Bonchev–Trinajstić information content (AvgIpc) is 3.08. The molecule has 36 heavy (non-hydrogen) atoms. The summed E-state index contributed by atoms with van der Waals surface area (Å²) in [5.41, 5.74) is 1.44. The van der Waals surface area contributed by atoms with Crippen molar-refractivity contribution in [2.24, 2.45) is 5.92 Å². The van der Waals surface area contributed by atoms with Gasteiger partial charge in [0.05, 0.1) is 17.4 Å². The van der Waals surface area contributed by atoms with Crippen molar-refractivity contribution in [1.82, 2.24) is 19.7 Å². The first-order valence-corrected chi connectivity index (χ1v) is 13.0. The fourth-order valence-corrected chi connectivity index (χ4v) is 6.33. The van der Waals surface area contributed by atoms with Crippen molar-refractivity contribution in [2.45, 2.75) is 56.0 Å². The quantitative estimate of drug-likeness (QED) is 0.578. The van der Waals surface area contributed by atoms with Gasteiger partial charge in [-0.3, -0.25) is 9.69 Å². The van der Waals surface area contributed by atoms with E-state index in [9.17, 15) is 14.0 Å². The summed E-state index contributed by atoms with van der Waals surface area (Å²) in [7, 11) is 4.30. The van der Waals surface area contributed by atoms with Crippen LogP contribution in [0.15, 0.2) is 48.7 Å². The number of aromatic nitrogens is 1. The topological polar surface area (TPSA) is 68.8 Å². The van der Waals surface area contributed by atoms with E-state index in [4.69, 9.17) is 0 Å². The van der Waals surface area contributed by atoms with E-state index < -0.39 is 5.95 Å². The van der Waals surface area contributed by atoms with Crippen molar-refractivity contribution < 1.29 is 14.0 Å². The molecule has 1 aromatic carbocycles. The molecule has 192 valence electrons. The van der Waals surface area contributed by atoms with Crippen LogP contribution in [0.3, 0.4) is 0 Å². The smallest absolute Gasteiger partial charge is 0.321 e. The lowest BCUT2D eigenvalue weighted by molar-refractivity contribution is -0.116. The predicted molar refractivity (Wildman–Crippen MR) is 137 cm³/mol. The van der Waals surface area contributed by atoms with Crippen LogP contribution < -0.4 is 5.32 Å². The summed E-state index contributed by atoms with van der Waals surface area (Å²) >= 11 is 0. The number of rotatable bonds is 7. The van der Waals surface area contributed by atoms with E-state index in [0.717, 1.165) is 32.2 Å². The Kier molecular flexibility index (Phi) is 6.72. The SMILES string of the molecule is CN(C)[C@]1(c2ccccc2)CC[C@@]2(CC1)CN(CC(=O)Nc1ccc(F)nc1)C(=O)N2CC1CCC1. The van der Waals surface area contributed by atoms with E-state index in [-0.39, 0.29) is 29.6 Å². The minimum Gasteiger partial charge on any atom is -0.323 e. The molecule has 2 saturated carbocycles. The van der Waals surface area contributed by atoms with E-state index in [1.807, 2.05) is 0 Å². The van der Waals surface area contributed by atoms with Crippen molar-refractivity contribution in [1.29, 1.82) is 0 Å². The first kappa shape index (κ1) is 24.7. The molecule has 3 fully saturated rings. The lowest BCUT2D eigenvalue weighted by Gasteiger charge is -2.51. The van der Waals surface area contributed by atoms with Crippen molar-refractivity contribution in [2.75, 3.05) is 39.0 Å². The van der Waals surface area contributed by atoms with Gasteiger partial charge in [0.2, 0.25) is 11.9 Å². The van der Waals surface area contributed by atoms with Crippen molar-refractivity contribution >= 4 is 17.6 Å². The number of halogens is 1. The molecule has 1 spiro atoms. The third kappa shape index (κ3) is 4.59. The number of nitrogens with zero attached hydrogens (tertiary/aromatic N) is 4. The van der Waals surface area contributed by atoms with Crippen LogP contribution in [0.1, 0.15) is 50.5 Å². The number of carbonyl (C=O) groups is 2. The summed E-state index contributed by atoms with van der Waals surface area (Å²) in [5.74, 6) is -0.336. The van der Waals surface area contributed by atoms with E-state index in [2.05, 4.69) is 64.5 Å². The molecule has 1 aromatic heterocycles. The Labute approximate surface area is 212 Å². The van der Waals surface area contributed by atoms with Gasteiger partial charge in [0.15, 0.2) is 0 Å². The van der Waals surface area contributed by atoms with E-state index >= 15 is 0 Å². The summed E-state index contributed by atoms with van der Waals surface area (Å²) in [6, 6.07) is 13.3. The standard InChI is InChI=1S/C28H36FN5O2/c1-32(2)28(22-9-4-3-5-10-22)15-13-27(14-16-28)20-33(26(36)34(27)18-21-7-6-8-21)19-25(35)31-23-11-12-24(29)30-17-23/h3-5,9-12,17,21H,6-8,13-16,18-20H2,1-2H3,(H,31,35)/t27-,28-. The molecule has 1 aliphatic heterocycles. The molecule has 2 aromatic rings. The molecule has 0 bridgehead atoms. The first-order chi connectivity index (χ1) is 17.3. The monoisotopic (exact) mass is 493 g/mol. The van der Waals surface area contributed by atoms with Crippen LogP contribution in [-0.4, -0.2) is 70.9 Å². The van der Waals surface area contributed by atoms with Crippen LogP contribution in [0, 0.1) is 11.9 Å². The maximum absolute atomic E-state index is 13.7. The second kappa shape index (κ2) is 9.81. The summed E-state index contributed by atoms with van der Waals surface area (Å²) in [6.45, 7) is 1.32.